The molecule has 2 aliphatic rings. The number of thioether (sulfide) groups is 1. The van der Waals surface area contributed by atoms with Gasteiger partial charge in [-0.25, -0.2) is 8.42 Å². The van der Waals surface area contributed by atoms with Crippen LogP contribution in [0.2, 0.25) is 0 Å². The number of carbonyl (C=O) groups is 2. The van der Waals surface area contributed by atoms with Crippen LogP contribution in [0, 0.1) is 0 Å². The highest BCUT2D eigenvalue weighted by atomic mass is 32.2. The van der Waals surface area contributed by atoms with Gasteiger partial charge >= 0.3 is 0 Å². The molecule has 0 radical (unpaired) electrons. The van der Waals surface area contributed by atoms with Gasteiger partial charge in [0.2, 0.25) is 11.6 Å². The number of aromatic hydroxyl groups is 2. The molecule has 0 unspecified atom stereocenters. The molecule has 0 amide bonds. The lowest BCUT2D eigenvalue weighted by molar-refractivity contribution is 0.102. The molecular formula is C24H16O6S4. The Bertz CT molecular complexity index is 1560. The molecule has 0 fully saturated rings. The number of ketones is 2. The smallest absolute Gasteiger partial charge is 0.208 e. The third-order valence-electron chi connectivity index (χ3n) is 5.43. The van der Waals surface area contributed by atoms with E-state index in [0.29, 0.717) is 16.0 Å². The first-order valence-electron chi connectivity index (χ1n) is 9.99. The van der Waals surface area contributed by atoms with E-state index in [1.807, 2.05) is 17.5 Å². The molecule has 2 aliphatic heterocycles. The van der Waals surface area contributed by atoms with Crippen LogP contribution in [0.25, 0.3) is 0 Å². The third-order valence-corrected chi connectivity index (χ3v) is 10.2. The monoisotopic (exact) mass is 528 g/mol. The number of phenolic OH excluding ortho intramolecular Hbond substituents is 2. The van der Waals surface area contributed by atoms with Gasteiger partial charge in [-0.1, -0.05) is 12.1 Å². The summed E-state index contributed by atoms with van der Waals surface area (Å²) in [5, 5.41) is 23.2. The van der Waals surface area contributed by atoms with E-state index in [2.05, 4.69) is 0 Å². The fourth-order valence-electron chi connectivity index (χ4n) is 3.84. The number of benzene rings is 2. The van der Waals surface area contributed by atoms with Crippen molar-refractivity contribution < 1.29 is 28.2 Å². The van der Waals surface area contributed by atoms with E-state index in [9.17, 15) is 28.2 Å². The number of carbonyl (C=O) groups excluding carboxylic acids is 2. The summed E-state index contributed by atoms with van der Waals surface area (Å²) in [4.78, 5) is 26.5. The Morgan fingerprint density at radius 3 is 2.06 bits per heavy atom. The number of rotatable bonds is 0. The molecule has 4 heterocycles. The van der Waals surface area contributed by atoms with Gasteiger partial charge in [-0.3, -0.25) is 9.59 Å². The van der Waals surface area contributed by atoms with Crippen LogP contribution in [-0.4, -0.2) is 30.2 Å². The van der Waals surface area contributed by atoms with Crippen LogP contribution in [0.1, 0.15) is 41.6 Å². The van der Waals surface area contributed by atoms with Crippen molar-refractivity contribution in [2.45, 2.75) is 21.3 Å². The predicted octanol–water partition coefficient (Wildman–Crippen LogP) is 5.26. The van der Waals surface area contributed by atoms with Crippen molar-refractivity contribution >= 4 is 55.8 Å². The predicted molar refractivity (Wildman–Crippen MR) is 132 cm³/mol. The molecule has 34 heavy (non-hydrogen) atoms. The zero-order valence-corrected chi connectivity index (χ0v) is 20.6. The van der Waals surface area contributed by atoms with E-state index in [1.165, 1.54) is 40.9 Å². The molecule has 0 spiro atoms. The second-order valence-electron chi connectivity index (χ2n) is 7.56. The molecule has 6 rings (SSSR count). The Balaban J connectivity index is 0.000000142. The molecule has 2 aromatic heterocycles. The van der Waals surface area contributed by atoms with Crippen LogP contribution in [-0.2, 0) is 21.3 Å². The molecule has 0 atom stereocenters. The Labute approximate surface area is 207 Å². The van der Waals surface area contributed by atoms with E-state index >= 15 is 0 Å². The zero-order valence-electron chi connectivity index (χ0n) is 17.3. The van der Waals surface area contributed by atoms with E-state index in [-0.39, 0.29) is 33.5 Å². The number of thiophene rings is 2. The van der Waals surface area contributed by atoms with Crippen molar-refractivity contribution in [2.24, 2.45) is 0 Å². The molecule has 2 N–H and O–H groups in total. The summed E-state index contributed by atoms with van der Waals surface area (Å²) in [5.41, 5.74) is 1.91. The van der Waals surface area contributed by atoms with Crippen molar-refractivity contribution in [3.05, 3.63) is 91.3 Å². The summed E-state index contributed by atoms with van der Waals surface area (Å²) in [7, 11) is -3.59. The molecule has 0 aliphatic carbocycles. The minimum Gasteiger partial charge on any atom is -0.507 e. The molecule has 172 valence electrons. The van der Waals surface area contributed by atoms with Crippen LogP contribution < -0.4 is 0 Å². The van der Waals surface area contributed by atoms with Gasteiger partial charge in [-0.15, -0.1) is 34.4 Å². The van der Waals surface area contributed by atoms with E-state index < -0.39 is 15.6 Å². The van der Waals surface area contributed by atoms with Gasteiger partial charge in [0.05, 0.1) is 31.5 Å². The van der Waals surface area contributed by atoms with Crippen molar-refractivity contribution in [1.82, 2.24) is 0 Å². The second kappa shape index (κ2) is 8.70. The SMILES string of the molecule is O=C1c2sccc2CS(=O)(=O)c2cccc(O)c21.O=C1c2sccc2CSc2cccc(O)c21. The Morgan fingerprint density at radius 1 is 0.735 bits per heavy atom. The van der Waals surface area contributed by atoms with Gasteiger partial charge in [0.1, 0.15) is 11.5 Å². The first-order chi connectivity index (χ1) is 16.3. The number of phenols is 2. The highest BCUT2D eigenvalue weighted by Gasteiger charge is 2.33. The van der Waals surface area contributed by atoms with E-state index in [1.54, 1.807) is 35.3 Å². The molecule has 4 aromatic rings. The fourth-order valence-corrected chi connectivity index (χ4v) is 8.43. The van der Waals surface area contributed by atoms with Gasteiger partial charge in [-0.2, -0.15) is 0 Å². The van der Waals surface area contributed by atoms with Gasteiger partial charge in [0, 0.05) is 10.6 Å². The Kier molecular flexibility index (Phi) is 5.85. The highest BCUT2D eigenvalue weighted by molar-refractivity contribution is 7.98. The van der Waals surface area contributed by atoms with Gasteiger partial charge in [0.25, 0.3) is 0 Å². The maximum Gasteiger partial charge on any atom is 0.208 e. The maximum atomic E-state index is 12.3. The summed E-state index contributed by atoms with van der Waals surface area (Å²) in [6.07, 6.45) is 0. The molecule has 0 saturated carbocycles. The lowest BCUT2D eigenvalue weighted by Crippen LogP contribution is -2.06. The summed E-state index contributed by atoms with van der Waals surface area (Å²) < 4.78 is 24.4. The van der Waals surface area contributed by atoms with Crippen LogP contribution >= 0.6 is 34.4 Å². The third kappa shape index (κ3) is 3.86. The quantitative estimate of drug-likeness (QED) is 0.320. The summed E-state index contributed by atoms with van der Waals surface area (Å²) in [6.45, 7) is 0. The van der Waals surface area contributed by atoms with Crippen LogP contribution in [0.15, 0.2) is 69.1 Å². The molecule has 2 aromatic carbocycles. The van der Waals surface area contributed by atoms with Gasteiger partial charge in [-0.05, 0) is 58.3 Å². The Hall–Kier alpha value is -2.92. The fraction of sp³-hybridized carbons (Fsp3) is 0.0833. The summed E-state index contributed by atoms with van der Waals surface area (Å²) in [6, 6.07) is 13.0. The Morgan fingerprint density at radius 2 is 1.32 bits per heavy atom. The molecule has 6 nitrogen and oxygen atoms in total. The van der Waals surface area contributed by atoms with Crippen molar-refractivity contribution in [2.75, 3.05) is 0 Å². The minimum absolute atomic E-state index is 0.0527. The van der Waals surface area contributed by atoms with Crippen molar-refractivity contribution in [1.29, 1.82) is 0 Å². The summed E-state index contributed by atoms with van der Waals surface area (Å²) in [5.74, 6) is -0.0921. The number of hydrogen-bond donors (Lipinski definition) is 2. The first-order valence-corrected chi connectivity index (χ1v) is 14.4. The largest absolute Gasteiger partial charge is 0.507 e. The average Bonchev–Trinajstić information content (AvgIpc) is 3.42. The van der Waals surface area contributed by atoms with Crippen LogP contribution in [0.3, 0.4) is 0 Å². The number of fused-ring (bicyclic) bond motifs is 4. The molecule has 10 heteroatoms. The molecule has 0 saturated heterocycles. The van der Waals surface area contributed by atoms with Crippen molar-refractivity contribution in [3.8, 4) is 11.5 Å². The zero-order chi connectivity index (χ0) is 24.0. The van der Waals surface area contributed by atoms with Crippen LogP contribution in [0.5, 0.6) is 11.5 Å². The van der Waals surface area contributed by atoms with Gasteiger partial charge in [0.15, 0.2) is 9.84 Å². The highest BCUT2D eigenvalue weighted by Crippen LogP contribution is 2.39. The van der Waals surface area contributed by atoms with Crippen molar-refractivity contribution in [3.63, 3.8) is 0 Å². The lowest BCUT2D eigenvalue weighted by atomic mass is 10.1. The summed E-state index contributed by atoms with van der Waals surface area (Å²) >= 11 is 4.24. The first kappa shape index (κ1) is 22.9. The van der Waals surface area contributed by atoms with E-state index in [4.69, 9.17) is 0 Å². The van der Waals surface area contributed by atoms with Crippen LogP contribution in [0.4, 0.5) is 0 Å². The number of hydrogen-bond acceptors (Lipinski definition) is 9. The van der Waals surface area contributed by atoms with E-state index in [0.717, 1.165) is 21.1 Å². The molecule has 0 bridgehead atoms. The maximum absolute atomic E-state index is 12.3. The standard InChI is InChI=1S/C12H8O4S2.C12H8O2S2/c13-8-2-1-3-9-10(8)11(14)12-7(4-5-17-12)6-18(9,15)16;13-8-2-1-3-9-10(8)11(14)12-7(6-16-9)4-5-15-12/h1-5,13H,6H2;1-5,13H,6H2. The average molecular weight is 529 g/mol. The van der Waals surface area contributed by atoms with Gasteiger partial charge < -0.3 is 10.2 Å². The second-order valence-corrected chi connectivity index (χ2v) is 12.4. The lowest BCUT2D eigenvalue weighted by Gasteiger charge is -2.06. The minimum atomic E-state index is -3.59. The normalized spacial score (nSPS) is 15.5. The molecular weight excluding hydrogens is 513 g/mol. The number of sulfone groups is 1. The topological polar surface area (TPSA) is 109 Å².